The zero-order chi connectivity index (χ0) is 22.4. The Balaban J connectivity index is 1.82. The SMILES string of the molecule is COCCCN(CC(=O)N1CCc2sccc2C1c1ccc(F)cc1)C(=O)CC(C)C. The number of fused-ring (bicyclic) bond motifs is 1. The minimum absolute atomic E-state index is 0.00832. The molecule has 1 unspecified atom stereocenters. The quantitative estimate of drug-likeness (QED) is 0.541. The first-order chi connectivity index (χ1) is 14.9. The Morgan fingerprint density at radius 3 is 2.68 bits per heavy atom. The van der Waals surface area contributed by atoms with Gasteiger partial charge in [0.1, 0.15) is 5.82 Å². The Bertz CT molecular complexity index is 881. The van der Waals surface area contributed by atoms with Gasteiger partial charge < -0.3 is 14.5 Å². The number of amides is 2. The monoisotopic (exact) mass is 446 g/mol. The first kappa shape index (κ1) is 23.4. The molecule has 0 aliphatic carbocycles. The topological polar surface area (TPSA) is 49.9 Å². The number of methoxy groups -OCH3 is 1. The zero-order valence-electron chi connectivity index (χ0n) is 18.5. The smallest absolute Gasteiger partial charge is 0.242 e. The predicted molar refractivity (Wildman–Crippen MR) is 121 cm³/mol. The van der Waals surface area contributed by atoms with Crippen LogP contribution in [-0.2, 0) is 20.7 Å². The molecule has 2 amide bonds. The van der Waals surface area contributed by atoms with E-state index in [4.69, 9.17) is 4.74 Å². The second-order valence-electron chi connectivity index (χ2n) is 8.35. The van der Waals surface area contributed by atoms with E-state index in [0.717, 1.165) is 17.5 Å². The van der Waals surface area contributed by atoms with Crippen LogP contribution in [0, 0.1) is 11.7 Å². The molecule has 1 aromatic heterocycles. The number of hydrogen-bond acceptors (Lipinski definition) is 4. The summed E-state index contributed by atoms with van der Waals surface area (Å²) >= 11 is 1.69. The lowest BCUT2D eigenvalue weighted by atomic mass is 9.93. The van der Waals surface area contributed by atoms with Crippen molar-refractivity contribution in [1.82, 2.24) is 9.80 Å². The van der Waals surface area contributed by atoms with Crippen LogP contribution >= 0.6 is 11.3 Å². The number of hydrogen-bond donors (Lipinski definition) is 0. The Morgan fingerprint density at radius 1 is 1.26 bits per heavy atom. The third kappa shape index (κ3) is 5.92. The third-order valence-corrected chi connectivity index (χ3v) is 6.51. The van der Waals surface area contributed by atoms with E-state index in [0.29, 0.717) is 32.5 Å². The highest BCUT2D eigenvalue weighted by Gasteiger charge is 2.34. The van der Waals surface area contributed by atoms with Gasteiger partial charge in [0, 0.05) is 38.1 Å². The number of rotatable bonds is 9. The van der Waals surface area contributed by atoms with Gasteiger partial charge in [-0.3, -0.25) is 9.59 Å². The molecule has 3 rings (SSSR count). The van der Waals surface area contributed by atoms with Gasteiger partial charge in [-0.1, -0.05) is 26.0 Å². The number of ether oxygens (including phenoxy) is 1. The van der Waals surface area contributed by atoms with Crippen molar-refractivity contribution < 1.29 is 18.7 Å². The highest BCUT2D eigenvalue weighted by Crippen LogP contribution is 2.37. The van der Waals surface area contributed by atoms with E-state index in [1.165, 1.54) is 17.0 Å². The number of benzene rings is 1. The molecule has 31 heavy (non-hydrogen) atoms. The van der Waals surface area contributed by atoms with Crippen LogP contribution in [0.1, 0.15) is 48.7 Å². The lowest BCUT2D eigenvalue weighted by Gasteiger charge is -2.37. The Morgan fingerprint density at radius 2 is 2.00 bits per heavy atom. The van der Waals surface area contributed by atoms with Crippen molar-refractivity contribution in [2.75, 3.05) is 33.4 Å². The Kier molecular flexibility index (Phi) is 8.21. The largest absolute Gasteiger partial charge is 0.385 e. The van der Waals surface area contributed by atoms with Crippen molar-refractivity contribution in [1.29, 1.82) is 0 Å². The van der Waals surface area contributed by atoms with Crippen LogP contribution in [0.3, 0.4) is 0 Å². The van der Waals surface area contributed by atoms with Crippen LogP contribution in [0.2, 0.25) is 0 Å². The Hall–Kier alpha value is -2.25. The normalized spacial score (nSPS) is 15.8. The van der Waals surface area contributed by atoms with Crippen molar-refractivity contribution in [3.8, 4) is 0 Å². The van der Waals surface area contributed by atoms with Gasteiger partial charge in [-0.2, -0.15) is 0 Å². The van der Waals surface area contributed by atoms with Gasteiger partial charge in [0.2, 0.25) is 11.8 Å². The van der Waals surface area contributed by atoms with Gasteiger partial charge in [0.15, 0.2) is 0 Å². The van der Waals surface area contributed by atoms with E-state index >= 15 is 0 Å². The zero-order valence-corrected chi connectivity index (χ0v) is 19.3. The molecule has 0 fully saturated rings. The summed E-state index contributed by atoms with van der Waals surface area (Å²) in [5.74, 6) is -0.166. The van der Waals surface area contributed by atoms with E-state index in [2.05, 4.69) is 0 Å². The fraction of sp³-hybridized carbons (Fsp3) is 0.500. The minimum Gasteiger partial charge on any atom is -0.385 e. The second kappa shape index (κ2) is 10.9. The molecule has 7 heteroatoms. The number of carbonyl (C=O) groups excluding carboxylic acids is 2. The molecule has 1 aromatic carbocycles. The first-order valence-corrected chi connectivity index (χ1v) is 11.7. The van der Waals surface area contributed by atoms with Crippen LogP contribution in [0.4, 0.5) is 4.39 Å². The van der Waals surface area contributed by atoms with E-state index in [9.17, 15) is 14.0 Å². The summed E-state index contributed by atoms with van der Waals surface area (Å²) in [6.07, 6.45) is 1.89. The molecule has 5 nitrogen and oxygen atoms in total. The summed E-state index contributed by atoms with van der Waals surface area (Å²) in [5, 5.41) is 2.04. The summed E-state index contributed by atoms with van der Waals surface area (Å²) < 4.78 is 18.7. The van der Waals surface area contributed by atoms with Gasteiger partial charge in [-0.05, 0) is 53.5 Å². The summed E-state index contributed by atoms with van der Waals surface area (Å²) in [6.45, 7) is 5.66. The molecular formula is C24H31FN2O3S. The van der Waals surface area contributed by atoms with Crippen LogP contribution < -0.4 is 0 Å². The minimum atomic E-state index is -0.299. The molecule has 1 aliphatic rings. The summed E-state index contributed by atoms with van der Waals surface area (Å²) in [6, 6.07) is 8.14. The van der Waals surface area contributed by atoms with Crippen LogP contribution in [0.5, 0.6) is 0 Å². The lowest BCUT2D eigenvalue weighted by molar-refractivity contribution is -0.142. The van der Waals surface area contributed by atoms with Crippen molar-refractivity contribution in [2.24, 2.45) is 5.92 Å². The summed E-state index contributed by atoms with van der Waals surface area (Å²) in [5.41, 5.74) is 1.98. The van der Waals surface area contributed by atoms with Gasteiger partial charge >= 0.3 is 0 Å². The number of carbonyl (C=O) groups is 2. The fourth-order valence-electron chi connectivity index (χ4n) is 4.01. The van der Waals surface area contributed by atoms with Gasteiger partial charge in [-0.25, -0.2) is 4.39 Å². The molecule has 0 saturated heterocycles. The van der Waals surface area contributed by atoms with Crippen LogP contribution in [0.25, 0.3) is 0 Å². The Labute approximate surface area is 187 Å². The van der Waals surface area contributed by atoms with Crippen LogP contribution in [0.15, 0.2) is 35.7 Å². The highest BCUT2D eigenvalue weighted by molar-refractivity contribution is 7.10. The molecule has 1 aliphatic heterocycles. The molecular weight excluding hydrogens is 415 g/mol. The lowest BCUT2D eigenvalue weighted by Crippen LogP contribution is -2.47. The highest BCUT2D eigenvalue weighted by atomic mass is 32.1. The molecule has 0 spiro atoms. The maximum atomic E-state index is 13.5. The van der Waals surface area contributed by atoms with E-state index < -0.39 is 0 Å². The molecule has 0 N–H and O–H groups in total. The van der Waals surface area contributed by atoms with Crippen molar-refractivity contribution in [3.05, 3.63) is 57.5 Å². The van der Waals surface area contributed by atoms with Crippen molar-refractivity contribution in [3.63, 3.8) is 0 Å². The molecule has 2 aromatic rings. The molecule has 0 saturated carbocycles. The summed E-state index contributed by atoms with van der Waals surface area (Å²) in [7, 11) is 1.63. The second-order valence-corrected chi connectivity index (χ2v) is 9.35. The standard InChI is InChI=1S/C24H31FN2O3S/c1-17(2)15-22(28)26(11-4-13-30-3)16-23(29)27-12-9-21-20(10-14-31-21)24(27)18-5-7-19(25)8-6-18/h5-8,10,14,17,24H,4,9,11-13,15-16H2,1-3H3. The van der Waals surface area contributed by atoms with Crippen LogP contribution in [-0.4, -0.2) is 55.0 Å². The average molecular weight is 447 g/mol. The van der Waals surface area contributed by atoms with Gasteiger partial charge in [0.25, 0.3) is 0 Å². The predicted octanol–water partition coefficient (Wildman–Crippen LogP) is 4.27. The third-order valence-electron chi connectivity index (χ3n) is 5.51. The molecule has 168 valence electrons. The first-order valence-electron chi connectivity index (χ1n) is 10.8. The van der Waals surface area contributed by atoms with E-state index in [1.807, 2.05) is 30.2 Å². The van der Waals surface area contributed by atoms with E-state index in [-0.39, 0.29) is 36.1 Å². The number of thiophene rings is 1. The molecule has 1 atom stereocenters. The maximum absolute atomic E-state index is 13.5. The number of nitrogens with zero attached hydrogens (tertiary/aromatic N) is 2. The van der Waals surface area contributed by atoms with Crippen molar-refractivity contribution >= 4 is 23.2 Å². The van der Waals surface area contributed by atoms with Gasteiger partial charge in [-0.15, -0.1) is 11.3 Å². The molecule has 2 heterocycles. The molecule has 0 bridgehead atoms. The average Bonchev–Trinajstić information content (AvgIpc) is 3.21. The molecule has 0 radical (unpaired) electrons. The van der Waals surface area contributed by atoms with E-state index in [1.54, 1.807) is 35.5 Å². The summed E-state index contributed by atoms with van der Waals surface area (Å²) in [4.78, 5) is 31.0. The van der Waals surface area contributed by atoms with Gasteiger partial charge in [0.05, 0.1) is 12.6 Å². The fourth-order valence-corrected chi connectivity index (χ4v) is 4.92. The number of halogens is 1. The maximum Gasteiger partial charge on any atom is 0.242 e. The van der Waals surface area contributed by atoms with Crippen molar-refractivity contribution in [2.45, 2.75) is 39.2 Å².